The summed E-state index contributed by atoms with van der Waals surface area (Å²) >= 11 is 0. The first-order valence-electron chi connectivity index (χ1n) is 26.6. The minimum Gasteiger partial charge on any atom is -0.462 e. The first-order chi connectivity index (χ1) is 31.5. The van der Waals surface area contributed by atoms with Crippen LogP contribution >= 0.6 is 0 Å². The molecule has 0 fully saturated rings. The fourth-order valence-electron chi connectivity index (χ4n) is 7.09. The van der Waals surface area contributed by atoms with E-state index in [1.165, 1.54) is 83.5 Å². The minimum absolute atomic E-state index is 0.0953. The van der Waals surface area contributed by atoms with Crippen LogP contribution in [0.3, 0.4) is 0 Å². The average Bonchev–Trinajstić information content (AvgIpc) is 3.29. The van der Waals surface area contributed by atoms with Gasteiger partial charge in [0.05, 0.1) is 0 Å². The van der Waals surface area contributed by atoms with E-state index in [0.717, 1.165) is 122 Å². The van der Waals surface area contributed by atoms with E-state index in [9.17, 15) is 14.4 Å². The van der Waals surface area contributed by atoms with Gasteiger partial charge in [-0.25, -0.2) is 0 Å². The zero-order chi connectivity index (χ0) is 46.5. The molecule has 0 saturated heterocycles. The maximum atomic E-state index is 12.8. The molecule has 366 valence electrons. The highest BCUT2D eigenvalue weighted by molar-refractivity contribution is 5.71. The Labute approximate surface area is 395 Å². The van der Waals surface area contributed by atoms with Gasteiger partial charge in [-0.05, 0) is 109 Å². The van der Waals surface area contributed by atoms with E-state index in [1.54, 1.807) is 0 Å². The van der Waals surface area contributed by atoms with E-state index in [-0.39, 0.29) is 31.1 Å². The van der Waals surface area contributed by atoms with Gasteiger partial charge in [0.15, 0.2) is 6.10 Å². The summed E-state index contributed by atoms with van der Waals surface area (Å²) in [7, 11) is 0. The van der Waals surface area contributed by atoms with Crippen molar-refractivity contribution in [2.24, 2.45) is 0 Å². The third kappa shape index (κ3) is 49.6. The van der Waals surface area contributed by atoms with Crippen LogP contribution in [-0.4, -0.2) is 37.2 Å². The van der Waals surface area contributed by atoms with Gasteiger partial charge >= 0.3 is 17.9 Å². The van der Waals surface area contributed by atoms with Crippen molar-refractivity contribution in [3.8, 4) is 0 Å². The third-order valence-electron chi connectivity index (χ3n) is 11.1. The number of rotatable bonds is 47. The molecule has 0 amide bonds. The Hall–Kier alpha value is -3.41. The maximum Gasteiger partial charge on any atom is 0.306 e. The van der Waals surface area contributed by atoms with Crippen molar-refractivity contribution in [3.05, 3.63) is 85.1 Å². The Kier molecular flexibility index (Phi) is 49.4. The number of esters is 3. The van der Waals surface area contributed by atoms with Crippen LogP contribution in [0.2, 0.25) is 0 Å². The molecule has 0 saturated carbocycles. The lowest BCUT2D eigenvalue weighted by Gasteiger charge is -2.18. The number of carbonyl (C=O) groups excluding carboxylic acids is 3. The number of allylic oxidation sites excluding steroid dienone is 14. The molecule has 0 heterocycles. The van der Waals surface area contributed by atoms with E-state index in [2.05, 4.69) is 106 Å². The van der Waals surface area contributed by atoms with Crippen LogP contribution in [0, 0.1) is 0 Å². The van der Waals surface area contributed by atoms with Crippen molar-refractivity contribution in [1.29, 1.82) is 0 Å². The monoisotopic (exact) mass is 891 g/mol. The summed E-state index contributed by atoms with van der Waals surface area (Å²) in [5.74, 6) is -0.946. The highest BCUT2D eigenvalue weighted by Crippen LogP contribution is 2.13. The summed E-state index contributed by atoms with van der Waals surface area (Å²) in [6.07, 6.45) is 67.1. The first kappa shape index (κ1) is 60.6. The van der Waals surface area contributed by atoms with E-state index < -0.39 is 6.10 Å². The van der Waals surface area contributed by atoms with Crippen molar-refractivity contribution in [1.82, 2.24) is 0 Å². The molecule has 64 heavy (non-hydrogen) atoms. The Bertz CT molecular complexity index is 1250. The summed E-state index contributed by atoms with van der Waals surface area (Å²) in [6, 6.07) is 0. The normalized spacial score (nSPS) is 12.7. The number of ether oxygens (including phenoxy) is 3. The summed E-state index contributed by atoms with van der Waals surface area (Å²) < 4.78 is 16.8. The van der Waals surface area contributed by atoms with Crippen molar-refractivity contribution in [3.63, 3.8) is 0 Å². The zero-order valence-corrected chi connectivity index (χ0v) is 41.8. The smallest absolute Gasteiger partial charge is 0.306 e. The zero-order valence-electron chi connectivity index (χ0n) is 41.8. The molecule has 0 bridgehead atoms. The van der Waals surface area contributed by atoms with Gasteiger partial charge < -0.3 is 14.2 Å². The van der Waals surface area contributed by atoms with Gasteiger partial charge in [-0.2, -0.15) is 0 Å². The fraction of sp³-hybridized carbons (Fsp3) is 0.707. The van der Waals surface area contributed by atoms with E-state index in [0.29, 0.717) is 19.3 Å². The molecule has 1 unspecified atom stereocenters. The van der Waals surface area contributed by atoms with Gasteiger partial charge in [-0.3, -0.25) is 14.4 Å². The second-order valence-electron chi connectivity index (χ2n) is 17.4. The molecule has 1 atom stereocenters. The Morgan fingerprint density at radius 1 is 0.328 bits per heavy atom. The molecular formula is C58H98O6. The quantitative estimate of drug-likeness (QED) is 0.0262. The molecule has 0 aromatic heterocycles. The van der Waals surface area contributed by atoms with Crippen molar-refractivity contribution < 1.29 is 28.6 Å². The van der Waals surface area contributed by atoms with Crippen LogP contribution in [0.4, 0.5) is 0 Å². The lowest BCUT2D eigenvalue weighted by atomic mass is 10.1. The highest BCUT2D eigenvalue weighted by atomic mass is 16.6. The van der Waals surface area contributed by atoms with Crippen LogP contribution in [0.25, 0.3) is 0 Å². The Balaban J connectivity index is 4.44. The van der Waals surface area contributed by atoms with Gasteiger partial charge in [0.1, 0.15) is 13.2 Å². The molecule has 6 heteroatoms. The second kappa shape index (κ2) is 52.2. The van der Waals surface area contributed by atoms with Crippen LogP contribution in [0.5, 0.6) is 0 Å². The number of carbonyl (C=O) groups is 3. The van der Waals surface area contributed by atoms with Crippen LogP contribution in [0.1, 0.15) is 245 Å². The SMILES string of the molecule is CC/C=C\C/C=C\C/C=C\C/C=C\C/C=C\CCCCCC(=O)OCC(COC(=O)CCCCCCC/C=C\CCCC)OC(=O)CCCCCCC/C=C\CCCCCCCCC. The molecule has 0 aliphatic rings. The molecular weight excluding hydrogens is 793 g/mol. The predicted octanol–water partition coefficient (Wildman–Crippen LogP) is 17.6. The van der Waals surface area contributed by atoms with E-state index >= 15 is 0 Å². The molecule has 0 aliphatic heterocycles. The summed E-state index contributed by atoms with van der Waals surface area (Å²) in [4.78, 5) is 38.0. The third-order valence-corrected chi connectivity index (χ3v) is 11.1. The van der Waals surface area contributed by atoms with Gasteiger partial charge in [0.25, 0.3) is 0 Å². The van der Waals surface area contributed by atoms with Gasteiger partial charge in [-0.15, -0.1) is 0 Å². The number of hydrogen-bond donors (Lipinski definition) is 0. The maximum absolute atomic E-state index is 12.8. The highest BCUT2D eigenvalue weighted by Gasteiger charge is 2.19. The topological polar surface area (TPSA) is 78.9 Å². The molecule has 0 aliphatic carbocycles. The fourth-order valence-corrected chi connectivity index (χ4v) is 7.09. The largest absolute Gasteiger partial charge is 0.462 e. The molecule has 0 rings (SSSR count). The van der Waals surface area contributed by atoms with E-state index in [4.69, 9.17) is 14.2 Å². The molecule has 0 radical (unpaired) electrons. The summed E-state index contributed by atoms with van der Waals surface area (Å²) in [5, 5.41) is 0. The van der Waals surface area contributed by atoms with E-state index in [1.807, 2.05) is 0 Å². The number of hydrogen-bond acceptors (Lipinski definition) is 6. The van der Waals surface area contributed by atoms with Crippen molar-refractivity contribution >= 4 is 17.9 Å². The summed E-state index contributed by atoms with van der Waals surface area (Å²) in [5.41, 5.74) is 0. The molecule has 0 N–H and O–H groups in total. The standard InChI is InChI=1S/C58H98O6/c1-4-7-10-13-16-19-22-24-26-28-29-30-32-33-36-39-42-45-48-51-57(60)63-54-55(53-62-56(59)50-47-44-41-38-35-21-18-15-12-9-6-3)64-58(61)52-49-46-43-40-37-34-31-27-25-23-20-17-14-11-8-5-2/h7,10,15-16,18-19,24,26-27,29-31,33,36,55H,4-6,8-9,11-14,17,20-23,25,28,32,34-35,37-54H2,1-3H3/b10-7-,18-15-,19-16-,26-24-,30-29-,31-27-,36-33-. The second-order valence-corrected chi connectivity index (χ2v) is 17.4. The van der Waals surface area contributed by atoms with Gasteiger partial charge in [0, 0.05) is 19.3 Å². The van der Waals surface area contributed by atoms with Crippen LogP contribution in [-0.2, 0) is 28.6 Å². The van der Waals surface area contributed by atoms with Crippen LogP contribution in [0.15, 0.2) is 85.1 Å². The van der Waals surface area contributed by atoms with Crippen LogP contribution < -0.4 is 0 Å². The predicted molar refractivity (Wildman–Crippen MR) is 274 cm³/mol. The Morgan fingerprint density at radius 3 is 1.03 bits per heavy atom. The Morgan fingerprint density at radius 2 is 0.625 bits per heavy atom. The minimum atomic E-state index is -0.797. The summed E-state index contributed by atoms with van der Waals surface area (Å²) in [6.45, 7) is 6.44. The van der Waals surface area contributed by atoms with Gasteiger partial charge in [-0.1, -0.05) is 202 Å². The average molecular weight is 891 g/mol. The van der Waals surface area contributed by atoms with Crippen molar-refractivity contribution in [2.75, 3.05) is 13.2 Å². The molecule has 0 spiro atoms. The van der Waals surface area contributed by atoms with Crippen molar-refractivity contribution in [2.45, 2.75) is 252 Å². The molecule has 0 aromatic rings. The lowest BCUT2D eigenvalue weighted by molar-refractivity contribution is -0.167. The molecule has 6 nitrogen and oxygen atoms in total. The number of unbranched alkanes of at least 4 members (excludes halogenated alkanes) is 22. The lowest BCUT2D eigenvalue weighted by Crippen LogP contribution is -2.30. The molecule has 0 aromatic carbocycles. The van der Waals surface area contributed by atoms with Gasteiger partial charge in [0.2, 0.25) is 0 Å². The first-order valence-corrected chi connectivity index (χ1v) is 26.6.